The van der Waals surface area contributed by atoms with Crippen molar-refractivity contribution in [1.82, 2.24) is 15.6 Å². The van der Waals surface area contributed by atoms with Crippen LogP contribution in [0.3, 0.4) is 0 Å². The van der Waals surface area contributed by atoms with E-state index in [9.17, 15) is 4.79 Å². The molecule has 0 aromatic carbocycles. The molecule has 0 saturated heterocycles. The van der Waals surface area contributed by atoms with Crippen molar-refractivity contribution in [3.8, 4) is 0 Å². The number of ether oxygens (including phenoxy) is 1. The van der Waals surface area contributed by atoms with Crippen LogP contribution in [0.5, 0.6) is 0 Å². The fourth-order valence-corrected chi connectivity index (χ4v) is 3.56. The Kier molecular flexibility index (Phi) is 6.84. The second-order valence-corrected chi connectivity index (χ2v) is 8.21. The molecule has 0 radical (unpaired) electrons. The van der Waals surface area contributed by atoms with Gasteiger partial charge in [0.05, 0.1) is 5.51 Å². The predicted octanol–water partition coefficient (Wildman–Crippen LogP) is 3.71. The normalized spacial score (nSPS) is 17.7. The molecule has 1 aliphatic rings. The van der Waals surface area contributed by atoms with Gasteiger partial charge in [0.15, 0.2) is 0 Å². The van der Waals surface area contributed by atoms with E-state index in [-0.39, 0.29) is 12.1 Å². The SMILES string of the molecule is CC(C)(C)OC(=O)NCC(NCc1cncs1)C1CCCCC1. The quantitative estimate of drug-likeness (QED) is 0.829. The van der Waals surface area contributed by atoms with Crippen LogP contribution in [0.15, 0.2) is 11.7 Å². The Morgan fingerprint density at radius 3 is 2.74 bits per heavy atom. The third kappa shape index (κ3) is 6.87. The van der Waals surface area contributed by atoms with Crippen LogP contribution in [-0.2, 0) is 11.3 Å². The van der Waals surface area contributed by atoms with Gasteiger partial charge in [-0.3, -0.25) is 4.98 Å². The van der Waals surface area contributed by atoms with Crippen LogP contribution in [-0.4, -0.2) is 29.3 Å². The first-order chi connectivity index (χ1) is 10.9. The Morgan fingerprint density at radius 1 is 1.39 bits per heavy atom. The number of carbonyl (C=O) groups excluding carboxylic acids is 1. The van der Waals surface area contributed by atoms with Gasteiger partial charge in [0, 0.05) is 30.2 Å². The monoisotopic (exact) mass is 339 g/mol. The van der Waals surface area contributed by atoms with Crippen LogP contribution in [0.25, 0.3) is 0 Å². The maximum Gasteiger partial charge on any atom is 0.407 e. The van der Waals surface area contributed by atoms with Crippen molar-refractivity contribution < 1.29 is 9.53 Å². The molecule has 1 aromatic heterocycles. The molecule has 5 nitrogen and oxygen atoms in total. The molecule has 2 rings (SSSR count). The van der Waals surface area contributed by atoms with E-state index < -0.39 is 5.60 Å². The molecule has 1 fully saturated rings. The molecule has 1 aliphatic carbocycles. The lowest BCUT2D eigenvalue weighted by molar-refractivity contribution is 0.0515. The van der Waals surface area contributed by atoms with Crippen LogP contribution in [0.2, 0.25) is 0 Å². The summed E-state index contributed by atoms with van der Waals surface area (Å²) in [6.07, 6.45) is 7.94. The molecule has 0 spiro atoms. The van der Waals surface area contributed by atoms with E-state index >= 15 is 0 Å². The van der Waals surface area contributed by atoms with Gasteiger partial charge in [0.1, 0.15) is 5.60 Å². The summed E-state index contributed by atoms with van der Waals surface area (Å²) in [5, 5.41) is 6.54. The molecule has 1 heterocycles. The molecule has 1 amide bonds. The number of aromatic nitrogens is 1. The Balaban J connectivity index is 1.86. The molecule has 6 heteroatoms. The average Bonchev–Trinajstić information content (AvgIpc) is 3.00. The Labute approximate surface area is 143 Å². The summed E-state index contributed by atoms with van der Waals surface area (Å²) in [6.45, 7) is 7.06. The number of hydrogen-bond donors (Lipinski definition) is 2. The van der Waals surface area contributed by atoms with Crippen molar-refractivity contribution in [2.75, 3.05) is 6.54 Å². The van der Waals surface area contributed by atoms with Crippen molar-refractivity contribution in [2.45, 2.75) is 71.1 Å². The molecule has 1 atom stereocenters. The zero-order chi connectivity index (χ0) is 16.7. The Morgan fingerprint density at radius 2 is 2.13 bits per heavy atom. The fraction of sp³-hybridized carbons (Fsp3) is 0.765. The lowest BCUT2D eigenvalue weighted by Gasteiger charge is -2.31. The highest BCUT2D eigenvalue weighted by atomic mass is 32.1. The van der Waals surface area contributed by atoms with E-state index in [0.29, 0.717) is 12.5 Å². The highest BCUT2D eigenvalue weighted by molar-refractivity contribution is 7.09. The van der Waals surface area contributed by atoms with E-state index in [1.165, 1.54) is 37.0 Å². The van der Waals surface area contributed by atoms with Crippen LogP contribution in [0.4, 0.5) is 4.79 Å². The summed E-state index contributed by atoms with van der Waals surface area (Å²) in [4.78, 5) is 17.3. The maximum absolute atomic E-state index is 11.9. The number of thiazole rings is 1. The van der Waals surface area contributed by atoms with Crippen LogP contribution in [0, 0.1) is 5.92 Å². The highest BCUT2D eigenvalue weighted by Crippen LogP contribution is 2.26. The van der Waals surface area contributed by atoms with Gasteiger partial charge in [0.25, 0.3) is 0 Å². The smallest absolute Gasteiger partial charge is 0.407 e. The number of carbonyl (C=O) groups is 1. The number of nitrogens with zero attached hydrogens (tertiary/aromatic N) is 1. The summed E-state index contributed by atoms with van der Waals surface area (Å²) in [6, 6.07) is 0.282. The molecule has 1 aromatic rings. The zero-order valence-electron chi connectivity index (χ0n) is 14.4. The van der Waals surface area contributed by atoms with Gasteiger partial charge in [-0.25, -0.2) is 4.79 Å². The van der Waals surface area contributed by atoms with Gasteiger partial charge in [-0.2, -0.15) is 0 Å². The van der Waals surface area contributed by atoms with E-state index in [0.717, 1.165) is 6.54 Å². The lowest BCUT2D eigenvalue weighted by Crippen LogP contribution is -2.46. The van der Waals surface area contributed by atoms with Crippen LogP contribution in [0.1, 0.15) is 57.8 Å². The molecule has 0 bridgehead atoms. The summed E-state index contributed by atoms with van der Waals surface area (Å²) in [5.74, 6) is 0.617. The Bertz CT molecular complexity index is 465. The molecular formula is C17H29N3O2S. The molecule has 1 saturated carbocycles. The van der Waals surface area contributed by atoms with Crippen molar-refractivity contribution in [2.24, 2.45) is 5.92 Å². The number of nitrogens with one attached hydrogen (secondary N) is 2. The highest BCUT2D eigenvalue weighted by Gasteiger charge is 2.25. The van der Waals surface area contributed by atoms with Crippen molar-refractivity contribution >= 4 is 17.4 Å². The second-order valence-electron chi connectivity index (χ2n) is 7.24. The van der Waals surface area contributed by atoms with Crippen molar-refractivity contribution in [3.05, 3.63) is 16.6 Å². The van der Waals surface area contributed by atoms with E-state index in [2.05, 4.69) is 15.6 Å². The first-order valence-corrected chi connectivity index (χ1v) is 9.39. The number of hydrogen-bond acceptors (Lipinski definition) is 5. The van der Waals surface area contributed by atoms with Gasteiger partial charge in [0.2, 0.25) is 0 Å². The molecule has 1 unspecified atom stereocenters. The van der Waals surface area contributed by atoms with Crippen LogP contribution < -0.4 is 10.6 Å². The first kappa shape index (κ1) is 18.2. The van der Waals surface area contributed by atoms with Gasteiger partial charge < -0.3 is 15.4 Å². The van der Waals surface area contributed by atoms with Gasteiger partial charge in [-0.1, -0.05) is 19.3 Å². The fourth-order valence-electron chi connectivity index (χ4n) is 3.01. The van der Waals surface area contributed by atoms with Crippen LogP contribution >= 0.6 is 11.3 Å². The molecular weight excluding hydrogens is 310 g/mol. The minimum Gasteiger partial charge on any atom is -0.444 e. The molecule has 2 N–H and O–H groups in total. The van der Waals surface area contributed by atoms with Crippen molar-refractivity contribution in [1.29, 1.82) is 0 Å². The lowest BCUT2D eigenvalue weighted by atomic mass is 9.84. The van der Waals surface area contributed by atoms with Gasteiger partial charge >= 0.3 is 6.09 Å². The van der Waals surface area contributed by atoms with Crippen molar-refractivity contribution in [3.63, 3.8) is 0 Å². The topological polar surface area (TPSA) is 63.2 Å². The minimum atomic E-state index is -0.458. The summed E-state index contributed by atoms with van der Waals surface area (Å²) in [5.41, 5.74) is 1.39. The summed E-state index contributed by atoms with van der Waals surface area (Å²) >= 11 is 1.66. The van der Waals surface area contributed by atoms with Gasteiger partial charge in [-0.05, 0) is 39.5 Å². The standard InChI is InChI=1S/C17H29N3O2S/c1-17(2,3)22-16(21)20-11-15(13-7-5-4-6-8-13)19-10-14-9-18-12-23-14/h9,12-13,15,19H,4-8,10-11H2,1-3H3,(H,20,21). The predicted molar refractivity (Wildman–Crippen MR) is 93.6 cm³/mol. The maximum atomic E-state index is 11.9. The van der Waals surface area contributed by atoms with Gasteiger partial charge in [-0.15, -0.1) is 11.3 Å². The summed E-state index contributed by atoms with van der Waals surface area (Å²) < 4.78 is 5.34. The molecule has 0 aliphatic heterocycles. The number of rotatable bonds is 6. The molecule has 23 heavy (non-hydrogen) atoms. The average molecular weight is 340 g/mol. The van der Waals surface area contributed by atoms with E-state index in [1.54, 1.807) is 11.3 Å². The third-order valence-electron chi connectivity index (χ3n) is 4.11. The largest absolute Gasteiger partial charge is 0.444 e. The first-order valence-electron chi connectivity index (χ1n) is 8.51. The van der Waals surface area contributed by atoms with E-state index in [4.69, 9.17) is 4.74 Å². The minimum absolute atomic E-state index is 0.282. The number of alkyl carbamates (subject to hydrolysis) is 1. The third-order valence-corrected chi connectivity index (χ3v) is 4.89. The number of amides is 1. The summed E-state index contributed by atoms with van der Waals surface area (Å²) in [7, 11) is 0. The second kappa shape index (κ2) is 8.64. The zero-order valence-corrected chi connectivity index (χ0v) is 15.2. The molecule has 130 valence electrons. The Hall–Kier alpha value is -1.14. The van der Waals surface area contributed by atoms with E-state index in [1.807, 2.05) is 32.5 Å².